The fourth-order valence-corrected chi connectivity index (χ4v) is 6.09. The molecule has 1 saturated heterocycles. The molecule has 2 bridgehead atoms. The van der Waals surface area contributed by atoms with Crippen LogP contribution in [0, 0.1) is 17.8 Å². The number of carbonyl (C=O) groups excluding carboxylic acids is 1. The lowest BCUT2D eigenvalue weighted by molar-refractivity contribution is -0.120. The standard InChI is InChI=1S/C19H27N3O3S/c1-19(2,3)16-10-17(22(21-16)14-6-7-26(24,25)11-14)20-18(23)15-9-12-4-5-13(15)8-12/h4-5,10,12-15H,6-9,11H2,1-3H3,(H,20,23)/t12-,13-,14-,15-/m0/s1. The minimum atomic E-state index is -3.02. The van der Waals surface area contributed by atoms with Crippen molar-refractivity contribution in [2.24, 2.45) is 17.8 Å². The fourth-order valence-electron chi connectivity index (χ4n) is 4.40. The molecule has 3 aliphatic rings. The number of fused-ring (bicyclic) bond motifs is 2. The van der Waals surface area contributed by atoms with Crippen LogP contribution in [-0.2, 0) is 20.0 Å². The topological polar surface area (TPSA) is 81.1 Å². The van der Waals surface area contributed by atoms with Gasteiger partial charge in [0.2, 0.25) is 5.91 Å². The van der Waals surface area contributed by atoms with Crippen molar-refractivity contribution < 1.29 is 13.2 Å². The van der Waals surface area contributed by atoms with Crippen LogP contribution in [0.4, 0.5) is 5.82 Å². The van der Waals surface area contributed by atoms with Crippen molar-refractivity contribution in [1.82, 2.24) is 9.78 Å². The first-order valence-electron chi connectivity index (χ1n) is 9.42. The molecule has 2 heterocycles. The van der Waals surface area contributed by atoms with Gasteiger partial charge >= 0.3 is 0 Å². The molecular formula is C19H27N3O3S. The van der Waals surface area contributed by atoms with Crippen molar-refractivity contribution in [3.05, 3.63) is 23.9 Å². The largest absolute Gasteiger partial charge is 0.311 e. The van der Waals surface area contributed by atoms with E-state index in [-0.39, 0.29) is 34.8 Å². The molecule has 2 fully saturated rings. The summed E-state index contributed by atoms with van der Waals surface area (Å²) in [5.41, 5.74) is 0.696. The van der Waals surface area contributed by atoms with Crippen LogP contribution >= 0.6 is 0 Å². The van der Waals surface area contributed by atoms with Gasteiger partial charge in [-0.15, -0.1) is 0 Å². The van der Waals surface area contributed by atoms with Gasteiger partial charge in [0.05, 0.1) is 23.2 Å². The number of sulfone groups is 1. The summed E-state index contributed by atoms with van der Waals surface area (Å²) in [6.07, 6.45) is 6.92. The molecule has 4 atom stereocenters. The molecule has 0 spiro atoms. The highest BCUT2D eigenvalue weighted by atomic mass is 32.2. The summed E-state index contributed by atoms with van der Waals surface area (Å²) >= 11 is 0. The van der Waals surface area contributed by atoms with Crippen molar-refractivity contribution in [3.63, 3.8) is 0 Å². The van der Waals surface area contributed by atoms with Gasteiger partial charge in [-0.25, -0.2) is 13.1 Å². The number of hydrogen-bond donors (Lipinski definition) is 1. The van der Waals surface area contributed by atoms with E-state index < -0.39 is 9.84 Å². The highest BCUT2D eigenvalue weighted by Gasteiger charge is 2.40. The summed E-state index contributed by atoms with van der Waals surface area (Å²) in [5.74, 6) is 1.83. The molecule has 1 aromatic rings. The molecule has 7 heteroatoms. The number of carbonyl (C=O) groups is 1. The molecule has 0 radical (unpaired) electrons. The van der Waals surface area contributed by atoms with E-state index in [1.165, 1.54) is 0 Å². The van der Waals surface area contributed by atoms with E-state index in [2.05, 4.69) is 43.3 Å². The van der Waals surface area contributed by atoms with Gasteiger partial charge in [-0.3, -0.25) is 4.79 Å². The van der Waals surface area contributed by atoms with E-state index >= 15 is 0 Å². The Morgan fingerprint density at radius 2 is 2.04 bits per heavy atom. The van der Waals surface area contributed by atoms with Crippen molar-refractivity contribution in [1.29, 1.82) is 0 Å². The van der Waals surface area contributed by atoms with Crippen LogP contribution in [0.15, 0.2) is 18.2 Å². The summed E-state index contributed by atoms with van der Waals surface area (Å²) in [6.45, 7) is 6.20. The minimum absolute atomic E-state index is 0.0127. The molecule has 1 aliphatic heterocycles. The Kier molecular flexibility index (Phi) is 4.06. The quantitative estimate of drug-likeness (QED) is 0.821. The number of rotatable bonds is 3. The summed E-state index contributed by atoms with van der Waals surface area (Å²) < 4.78 is 25.6. The van der Waals surface area contributed by atoms with Crippen molar-refractivity contribution in [3.8, 4) is 0 Å². The lowest BCUT2D eigenvalue weighted by atomic mass is 9.92. The van der Waals surface area contributed by atoms with E-state index in [1.54, 1.807) is 4.68 Å². The average Bonchev–Trinajstić information content (AvgIpc) is 3.28. The normalized spacial score (nSPS) is 32.3. The third kappa shape index (κ3) is 3.21. The second-order valence-corrected chi connectivity index (χ2v) is 11.3. The second-order valence-electron chi connectivity index (χ2n) is 9.04. The maximum absolute atomic E-state index is 12.9. The molecule has 26 heavy (non-hydrogen) atoms. The van der Waals surface area contributed by atoms with Crippen LogP contribution in [-0.4, -0.2) is 35.6 Å². The predicted molar refractivity (Wildman–Crippen MR) is 101 cm³/mol. The Bertz CT molecular complexity index is 863. The zero-order valence-corrected chi connectivity index (χ0v) is 16.4. The molecule has 1 saturated carbocycles. The van der Waals surface area contributed by atoms with E-state index in [0.717, 1.165) is 18.5 Å². The van der Waals surface area contributed by atoms with Crippen LogP contribution in [0.1, 0.15) is 51.8 Å². The third-order valence-corrected chi connectivity index (χ3v) is 7.68. The van der Waals surface area contributed by atoms with Crippen LogP contribution in [0.5, 0.6) is 0 Å². The number of allylic oxidation sites excluding steroid dienone is 2. The van der Waals surface area contributed by atoms with Crippen molar-refractivity contribution in [2.45, 2.75) is 51.5 Å². The van der Waals surface area contributed by atoms with Gasteiger partial charge in [-0.2, -0.15) is 5.10 Å². The summed E-state index contributed by atoms with van der Waals surface area (Å²) in [7, 11) is -3.02. The summed E-state index contributed by atoms with van der Waals surface area (Å²) in [5, 5.41) is 7.75. The first-order valence-corrected chi connectivity index (χ1v) is 11.2. The fraction of sp³-hybridized carbons (Fsp3) is 0.684. The maximum atomic E-state index is 12.9. The first kappa shape index (κ1) is 17.8. The molecule has 1 aromatic heterocycles. The SMILES string of the molecule is CC(C)(C)c1cc(NC(=O)[C@H]2C[C@H]3C=C[C@H]2C3)n([C@H]2CCS(=O)(=O)C2)n1. The van der Waals surface area contributed by atoms with Crippen LogP contribution in [0.3, 0.4) is 0 Å². The van der Waals surface area contributed by atoms with Gasteiger partial charge in [-0.05, 0) is 31.1 Å². The smallest absolute Gasteiger partial charge is 0.229 e. The molecule has 2 aliphatic carbocycles. The Morgan fingerprint density at radius 1 is 1.27 bits per heavy atom. The van der Waals surface area contributed by atoms with Gasteiger partial charge in [0.15, 0.2) is 9.84 Å². The van der Waals surface area contributed by atoms with Gasteiger partial charge in [0.25, 0.3) is 0 Å². The van der Waals surface area contributed by atoms with Crippen LogP contribution < -0.4 is 5.32 Å². The highest BCUT2D eigenvalue weighted by Crippen LogP contribution is 2.44. The van der Waals surface area contributed by atoms with Crippen molar-refractivity contribution >= 4 is 21.6 Å². The van der Waals surface area contributed by atoms with E-state index in [0.29, 0.717) is 24.1 Å². The van der Waals surface area contributed by atoms with E-state index in [9.17, 15) is 13.2 Å². The number of hydrogen-bond acceptors (Lipinski definition) is 4. The second kappa shape index (κ2) is 5.94. The molecule has 0 unspecified atom stereocenters. The monoisotopic (exact) mass is 377 g/mol. The number of anilines is 1. The van der Waals surface area contributed by atoms with Crippen molar-refractivity contribution in [2.75, 3.05) is 16.8 Å². The molecule has 4 rings (SSSR count). The Balaban J connectivity index is 1.61. The molecule has 142 valence electrons. The Hall–Kier alpha value is -1.63. The average molecular weight is 378 g/mol. The summed E-state index contributed by atoms with van der Waals surface area (Å²) in [6, 6.07) is 1.71. The summed E-state index contributed by atoms with van der Waals surface area (Å²) in [4.78, 5) is 12.9. The molecular weight excluding hydrogens is 350 g/mol. The lowest BCUT2D eigenvalue weighted by Crippen LogP contribution is -2.28. The molecule has 1 N–H and O–H groups in total. The first-order chi connectivity index (χ1) is 12.1. The molecule has 6 nitrogen and oxygen atoms in total. The number of aromatic nitrogens is 2. The molecule has 0 aromatic carbocycles. The number of nitrogens with zero attached hydrogens (tertiary/aromatic N) is 2. The minimum Gasteiger partial charge on any atom is -0.311 e. The Morgan fingerprint density at radius 3 is 2.58 bits per heavy atom. The predicted octanol–water partition coefficient (Wildman–Crippen LogP) is 2.69. The third-order valence-electron chi connectivity index (χ3n) is 5.93. The van der Waals surface area contributed by atoms with Gasteiger partial charge in [0.1, 0.15) is 5.82 Å². The van der Waals surface area contributed by atoms with Gasteiger partial charge < -0.3 is 5.32 Å². The van der Waals surface area contributed by atoms with Crippen LogP contribution in [0.25, 0.3) is 0 Å². The lowest BCUT2D eigenvalue weighted by Gasteiger charge is -2.19. The van der Waals surface area contributed by atoms with Gasteiger partial charge in [-0.1, -0.05) is 32.9 Å². The maximum Gasteiger partial charge on any atom is 0.229 e. The number of nitrogens with one attached hydrogen (secondary N) is 1. The van der Waals surface area contributed by atoms with E-state index in [1.807, 2.05) is 6.07 Å². The van der Waals surface area contributed by atoms with E-state index in [4.69, 9.17) is 0 Å². The zero-order valence-electron chi connectivity index (χ0n) is 15.6. The highest BCUT2D eigenvalue weighted by molar-refractivity contribution is 7.91. The molecule has 1 amide bonds. The zero-order chi connectivity index (χ0) is 18.7. The van der Waals surface area contributed by atoms with Crippen LogP contribution in [0.2, 0.25) is 0 Å². The number of amides is 1. The van der Waals surface area contributed by atoms with Gasteiger partial charge in [0, 0.05) is 17.4 Å². The Labute approximate surface area is 155 Å².